The van der Waals surface area contributed by atoms with E-state index in [1.165, 1.54) is 0 Å². The average Bonchev–Trinajstić information content (AvgIpc) is 3.12. The summed E-state index contributed by atoms with van der Waals surface area (Å²) in [7, 11) is 0. The molecule has 0 fully saturated rings. The third kappa shape index (κ3) is 3.55. The first-order valence-electron chi connectivity index (χ1n) is 11.5. The van der Waals surface area contributed by atoms with Gasteiger partial charge in [0, 0.05) is 6.20 Å². The Labute approximate surface area is 197 Å². The molecule has 5 rings (SSSR count). The highest BCUT2D eigenvalue weighted by molar-refractivity contribution is 6.10. The third-order valence-corrected chi connectivity index (χ3v) is 6.28. The van der Waals surface area contributed by atoms with Crippen LogP contribution < -0.4 is 15.1 Å². The molecule has 3 heterocycles. The van der Waals surface area contributed by atoms with E-state index >= 15 is 0 Å². The average molecular weight is 455 g/mol. The van der Waals surface area contributed by atoms with Gasteiger partial charge in [0.05, 0.1) is 23.6 Å². The van der Waals surface area contributed by atoms with E-state index in [0.717, 1.165) is 28.7 Å². The summed E-state index contributed by atoms with van der Waals surface area (Å²) < 4.78 is 11.9. The molecular weight excluding hydrogens is 428 g/mol. The van der Waals surface area contributed by atoms with Crippen LogP contribution in [0.15, 0.2) is 63.9 Å². The molecule has 0 radical (unpaired) electrons. The minimum Gasteiger partial charge on any atom is -0.494 e. The largest absolute Gasteiger partial charge is 0.494 e. The van der Waals surface area contributed by atoms with Gasteiger partial charge >= 0.3 is 0 Å². The number of ether oxygens (including phenoxy) is 1. The molecule has 0 saturated carbocycles. The molecule has 0 bridgehead atoms. The number of fused-ring (bicyclic) bond motifs is 2. The molecule has 1 amide bonds. The van der Waals surface area contributed by atoms with Crippen molar-refractivity contribution in [2.75, 3.05) is 11.5 Å². The first-order valence-corrected chi connectivity index (χ1v) is 11.5. The van der Waals surface area contributed by atoms with E-state index in [1.54, 1.807) is 17.2 Å². The van der Waals surface area contributed by atoms with E-state index < -0.39 is 6.04 Å². The summed E-state index contributed by atoms with van der Waals surface area (Å²) >= 11 is 0. The normalized spacial score (nSPS) is 15.1. The van der Waals surface area contributed by atoms with Crippen LogP contribution in [0.3, 0.4) is 0 Å². The Morgan fingerprint density at radius 3 is 2.56 bits per heavy atom. The Bertz CT molecular complexity index is 1470. The molecule has 4 aromatic rings. The fourth-order valence-corrected chi connectivity index (χ4v) is 4.38. The number of aryl methyl sites for hydroxylation is 3. The van der Waals surface area contributed by atoms with Gasteiger partial charge < -0.3 is 9.15 Å². The Morgan fingerprint density at radius 1 is 1.03 bits per heavy atom. The topological polar surface area (TPSA) is 72.6 Å². The number of rotatable bonds is 5. The van der Waals surface area contributed by atoms with Crippen molar-refractivity contribution in [3.05, 3.63) is 98.5 Å². The summed E-state index contributed by atoms with van der Waals surface area (Å²) in [6.07, 6.45) is 2.59. The lowest BCUT2D eigenvalue weighted by atomic mass is 9.97. The second kappa shape index (κ2) is 8.45. The summed E-state index contributed by atoms with van der Waals surface area (Å²) in [4.78, 5) is 33.6. The van der Waals surface area contributed by atoms with Gasteiger partial charge in [-0.1, -0.05) is 25.1 Å². The van der Waals surface area contributed by atoms with Gasteiger partial charge in [-0.05, 0) is 79.8 Å². The summed E-state index contributed by atoms with van der Waals surface area (Å²) in [6, 6.07) is 14.2. The molecule has 0 saturated heterocycles. The molecule has 0 N–H and O–H groups in total. The zero-order valence-corrected chi connectivity index (χ0v) is 19.7. The molecule has 1 atom stereocenters. The fraction of sp³-hybridized carbons (Fsp3) is 0.250. The smallest absolute Gasteiger partial charge is 0.296 e. The van der Waals surface area contributed by atoms with Crippen LogP contribution in [0, 0.1) is 20.8 Å². The fourth-order valence-electron chi connectivity index (χ4n) is 4.38. The summed E-state index contributed by atoms with van der Waals surface area (Å²) in [5, 5.41) is 0.469. The summed E-state index contributed by atoms with van der Waals surface area (Å²) in [6.45, 7) is 8.47. The molecule has 0 spiro atoms. The maximum absolute atomic E-state index is 13.8. The number of carbonyl (C=O) groups excluding carboxylic acids is 1. The number of amides is 1. The molecule has 0 unspecified atom stereocenters. The van der Waals surface area contributed by atoms with Crippen LogP contribution in [-0.2, 0) is 0 Å². The lowest BCUT2D eigenvalue weighted by Crippen LogP contribution is -2.30. The Balaban J connectivity index is 1.77. The first-order chi connectivity index (χ1) is 16.4. The number of hydrogen-bond donors (Lipinski definition) is 0. The standard InChI is InChI=1S/C28H26N2O4/c1-5-11-33-20-8-6-7-19(14-20)25-24-26(31)21-12-17(3)18(4)13-22(21)34-27(24)28(32)30(25)23-10-9-16(2)15-29-23/h6-10,12-15,25H,5,11H2,1-4H3/t25-/m0/s1. The van der Waals surface area contributed by atoms with E-state index in [2.05, 4.69) is 4.98 Å². The number of hydrogen-bond acceptors (Lipinski definition) is 5. The minimum absolute atomic E-state index is 0.0630. The molecule has 2 aromatic heterocycles. The van der Waals surface area contributed by atoms with Crippen molar-refractivity contribution >= 4 is 22.7 Å². The van der Waals surface area contributed by atoms with E-state index in [-0.39, 0.29) is 17.1 Å². The third-order valence-electron chi connectivity index (χ3n) is 6.28. The number of nitrogens with zero attached hydrogens (tertiary/aromatic N) is 2. The van der Waals surface area contributed by atoms with Gasteiger partial charge in [0.1, 0.15) is 17.2 Å². The maximum atomic E-state index is 13.8. The number of carbonyl (C=O) groups is 1. The van der Waals surface area contributed by atoms with Crippen molar-refractivity contribution in [1.29, 1.82) is 0 Å². The Hall–Kier alpha value is -3.93. The van der Waals surface area contributed by atoms with Gasteiger partial charge in [0.25, 0.3) is 5.91 Å². The quantitative estimate of drug-likeness (QED) is 0.390. The highest BCUT2D eigenvalue weighted by Gasteiger charge is 2.44. The maximum Gasteiger partial charge on any atom is 0.296 e. The number of pyridine rings is 1. The minimum atomic E-state index is -0.676. The van der Waals surface area contributed by atoms with Crippen molar-refractivity contribution in [2.45, 2.75) is 40.2 Å². The highest BCUT2D eigenvalue weighted by Crippen LogP contribution is 2.41. The highest BCUT2D eigenvalue weighted by atomic mass is 16.5. The van der Waals surface area contributed by atoms with E-state index in [9.17, 15) is 9.59 Å². The van der Waals surface area contributed by atoms with Crippen molar-refractivity contribution < 1.29 is 13.9 Å². The molecule has 2 aromatic carbocycles. The van der Waals surface area contributed by atoms with E-state index in [0.29, 0.717) is 34.7 Å². The van der Waals surface area contributed by atoms with Gasteiger partial charge in [-0.25, -0.2) is 4.98 Å². The number of anilines is 1. The molecular formula is C28H26N2O4. The molecule has 172 valence electrons. The van der Waals surface area contributed by atoms with E-state index in [1.807, 2.05) is 70.2 Å². The second-order valence-electron chi connectivity index (χ2n) is 8.80. The summed E-state index contributed by atoms with van der Waals surface area (Å²) in [5.74, 6) is 0.831. The predicted molar refractivity (Wildman–Crippen MR) is 132 cm³/mol. The van der Waals surface area contributed by atoms with Crippen LogP contribution in [0.2, 0.25) is 0 Å². The monoisotopic (exact) mass is 454 g/mol. The van der Waals surface area contributed by atoms with Crippen molar-refractivity contribution in [3.8, 4) is 5.75 Å². The van der Waals surface area contributed by atoms with Gasteiger partial charge in [0.15, 0.2) is 5.43 Å². The Morgan fingerprint density at radius 2 is 1.82 bits per heavy atom. The number of benzene rings is 2. The van der Waals surface area contributed by atoms with Crippen LogP contribution >= 0.6 is 0 Å². The Kier molecular flexibility index (Phi) is 5.44. The van der Waals surface area contributed by atoms with Crippen molar-refractivity contribution in [3.63, 3.8) is 0 Å². The van der Waals surface area contributed by atoms with Crippen LogP contribution in [-0.4, -0.2) is 17.5 Å². The van der Waals surface area contributed by atoms with Crippen molar-refractivity contribution in [2.24, 2.45) is 0 Å². The van der Waals surface area contributed by atoms with Crippen LogP contribution in [0.4, 0.5) is 5.82 Å². The molecule has 34 heavy (non-hydrogen) atoms. The SMILES string of the molecule is CCCOc1cccc([C@H]2c3c(oc4cc(C)c(C)cc4c3=O)C(=O)N2c2ccc(C)cn2)c1. The zero-order chi connectivity index (χ0) is 24.0. The lowest BCUT2D eigenvalue weighted by Gasteiger charge is -2.24. The first kappa shape index (κ1) is 21.9. The number of aromatic nitrogens is 1. The van der Waals surface area contributed by atoms with Gasteiger partial charge in [0.2, 0.25) is 5.76 Å². The molecule has 6 heteroatoms. The lowest BCUT2D eigenvalue weighted by molar-refractivity contribution is 0.0970. The van der Waals surface area contributed by atoms with Gasteiger partial charge in [-0.2, -0.15) is 0 Å². The van der Waals surface area contributed by atoms with Crippen LogP contribution in [0.1, 0.15) is 57.8 Å². The van der Waals surface area contributed by atoms with Crippen LogP contribution in [0.25, 0.3) is 11.0 Å². The molecule has 6 nitrogen and oxygen atoms in total. The molecule has 1 aliphatic rings. The van der Waals surface area contributed by atoms with E-state index in [4.69, 9.17) is 9.15 Å². The zero-order valence-electron chi connectivity index (χ0n) is 19.7. The van der Waals surface area contributed by atoms with Crippen LogP contribution in [0.5, 0.6) is 5.75 Å². The molecule has 1 aliphatic heterocycles. The predicted octanol–water partition coefficient (Wildman–Crippen LogP) is 5.65. The summed E-state index contributed by atoms with van der Waals surface area (Å²) in [5.41, 5.74) is 4.27. The second-order valence-corrected chi connectivity index (χ2v) is 8.80. The molecule has 0 aliphatic carbocycles. The van der Waals surface area contributed by atoms with Gasteiger partial charge in [-0.15, -0.1) is 0 Å². The van der Waals surface area contributed by atoms with Crippen molar-refractivity contribution in [1.82, 2.24) is 4.98 Å². The van der Waals surface area contributed by atoms with Gasteiger partial charge in [-0.3, -0.25) is 14.5 Å².